The Bertz CT molecular complexity index is 969. The maximum absolute atomic E-state index is 12.8. The molecule has 2 atom stereocenters. The van der Waals surface area contributed by atoms with E-state index in [0.29, 0.717) is 12.2 Å². The van der Waals surface area contributed by atoms with Crippen LogP contribution >= 0.6 is 0 Å². The van der Waals surface area contributed by atoms with Crippen LogP contribution in [0.4, 0.5) is 0 Å². The molecule has 3 heterocycles. The Morgan fingerprint density at radius 2 is 1.97 bits per heavy atom. The normalized spacial score (nSPS) is 31.4. The molecule has 8 nitrogen and oxygen atoms in total. The minimum absolute atomic E-state index is 0.143. The monoisotopic (exact) mass is 427 g/mol. The van der Waals surface area contributed by atoms with Crippen molar-refractivity contribution in [2.45, 2.75) is 64.3 Å². The van der Waals surface area contributed by atoms with Crippen LogP contribution in [0.1, 0.15) is 57.3 Å². The lowest BCUT2D eigenvalue weighted by Crippen LogP contribution is -2.57. The second kappa shape index (κ2) is 8.22. The van der Waals surface area contributed by atoms with E-state index in [4.69, 9.17) is 15.5 Å². The molecule has 0 radical (unpaired) electrons. The van der Waals surface area contributed by atoms with Gasteiger partial charge in [-0.3, -0.25) is 9.59 Å². The number of imidazole rings is 1. The topological polar surface area (TPSA) is 112 Å². The summed E-state index contributed by atoms with van der Waals surface area (Å²) in [5.74, 6) is -0.205. The van der Waals surface area contributed by atoms with Gasteiger partial charge in [-0.05, 0) is 56.1 Å². The van der Waals surface area contributed by atoms with Crippen molar-refractivity contribution in [3.05, 3.63) is 29.7 Å². The summed E-state index contributed by atoms with van der Waals surface area (Å²) in [6.07, 6.45) is 7.88. The van der Waals surface area contributed by atoms with Crippen molar-refractivity contribution in [2.75, 3.05) is 13.7 Å². The number of piperidine rings is 1. The van der Waals surface area contributed by atoms with Crippen LogP contribution in [0.25, 0.3) is 5.65 Å². The Morgan fingerprint density at radius 3 is 2.65 bits per heavy atom. The summed E-state index contributed by atoms with van der Waals surface area (Å²) < 4.78 is 6.77. The van der Waals surface area contributed by atoms with Crippen LogP contribution in [0.5, 0.6) is 0 Å². The van der Waals surface area contributed by atoms with Gasteiger partial charge in [-0.2, -0.15) is 5.10 Å². The van der Waals surface area contributed by atoms with Gasteiger partial charge in [0.1, 0.15) is 0 Å². The number of aromatic nitrogens is 3. The first-order valence-electron chi connectivity index (χ1n) is 11.3. The minimum Gasteiger partial charge on any atom is -0.468 e. The van der Waals surface area contributed by atoms with Gasteiger partial charge in [0.15, 0.2) is 11.1 Å². The number of fused-ring (bicyclic) bond motifs is 1. The highest BCUT2D eigenvalue weighted by Gasteiger charge is 2.53. The molecule has 0 spiro atoms. The van der Waals surface area contributed by atoms with Crippen molar-refractivity contribution >= 4 is 17.5 Å². The lowest BCUT2D eigenvalue weighted by atomic mass is 9.68. The first-order chi connectivity index (χ1) is 14.8. The molecular weight excluding hydrogens is 394 g/mol. The molecule has 4 rings (SSSR count). The molecule has 8 heteroatoms. The summed E-state index contributed by atoms with van der Waals surface area (Å²) in [5, 5.41) is 7.51. The van der Waals surface area contributed by atoms with E-state index in [1.807, 2.05) is 25.3 Å². The van der Waals surface area contributed by atoms with Crippen LogP contribution in [-0.2, 0) is 27.2 Å². The molecule has 2 aliphatic rings. The highest BCUT2D eigenvalue weighted by Crippen LogP contribution is 2.38. The third-order valence-corrected chi connectivity index (χ3v) is 7.35. The zero-order valence-corrected chi connectivity index (χ0v) is 18.7. The molecule has 2 fully saturated rings. The second-order valence-electron chi connectivity index (χ2n) is 9.67. The number of nitrogens with zero attached hydrogens (tertiary/aromatic N) is 3. The first kappa shape index (κ1) is 21.7. The van der Waals surface area contributed by atoms with E-state index in [1.54, 1.807) is 4.52 Å². The van der Waals surface area contributed by atoms with Crippen LogP contribution in [0, 0.1) is 17.3 Å². The number of carbonyl (C=O) groups excluding carboxylic acids is 2. The van der Waals surface area contributed by atoms with E-state index >= 15 is 0 Å². The SMILES string of the molecule is COC(=O)C1(Cc2ccc3nc(CC4(N)CCC(C)CC4)cn3n2)C(=O)NCCC1C. The predicted octanol–water partition coefficient (Wildman–Crippen LogP) is 2.04. The fraction of sp³-hybridized carbons (Fsp3) is 0.652. The molecule has 168 valence electrons. The standard InChI is InChI=1S/C23H33N5O3/c1-15-6-9-22(24,10-7-15)12-18-14-28-19(26-18)5-4-17(27-28)13-23(21(30)31-3)16(2)8-11-25-20(23)29/h4-5,14-16H,6-13,24H2,1-3H3,(H,25,29). The Balaban J connectivity index is 1.59. The van der Waals surface area contributed by atoms with Crippen molar-refractivity contribution < 1.29 is 14.3 Å². The van der Waals surface area contributed by atoms with Gasteiger partial charge in [0.25, 0.3) is 0 Å². The summed E-state index contributed by atoms with van der Waals surface area (Å²) in [6, 6.07) is 3.72. The molecule has 1 aliphatic carbocycles. The second-order valence-corrected chi connectivity index (χ2v) is 9.67. The van der Waals surface area contributed by atoms with Crippen molar-refractivity contribution in [2.24, 2.45) is 23.0 Å². The number of hydrogen-bond acceptors (Lipinski definition) is 6. The van der Waals surface area contributed by atoms with E-state index in [0.717, 1.165) is 55.8 Å². The van der Waals surface area contributed by atoms with Gasteiger partial charge in [-0.25, -0.2) is 9.50 Å². The van der Waals surface area contributed by atoms with Gasteiger partial charge < -0.3 is 15.8 Å². The van der Waals surface area contributed by atoms with Gasteiger partial charge in [0.05, 0.1) is 24.7 Å². The highest BCUT2D eigenvalue weighted by atomic mass is 16.5. The summed E-state index contributed by atoms with van der Waals surface area (Å²) >= 11 is 0. The molecule has 31 heavy (non-hydrogen) atoms. The molecule has 2 unspecified atom stereocenters. The predicted molar refractivity (Wildman–Crippen MR) is 116 cm³/mol. The van der Waals surface area contributed by atoms with E-state index in [2.05, 4.69) is 17.3 Å². The van der Waals surface area contributed by atoms with E-state index in [9.17, 15) is 9.59 Å². The van der Waals surface area contributed by atoms with Crippen LogP contribution in [0.15, 0.2) is 18.3 Å². The zero-order chi connectivity index (χ0) is 22.2. The summed E-state index contributed by atoms with van der Waals surface area (Å²) in [4.78, 5) is 30.2. The zero-order valence-electron chi connectivity index (χ0n) is 18.7. The molecule has 1 saturated heterocycles. The number of amides is 1. The molecule has 1 amide bonds. The van der Waals surface area contributed by atoms with E-state index < -0.39 is 11.4 Å². The highest BCUT2D eigenvalue weighted by molar-refractivity contribution is 6.03. The molecule has 2 aromatic heterocycles. The maximum Gasteiger partial charge on any atom is 0.322 e. The van der Waals surface area contributed by atoms with Crippen molar-refractivity contribution in [3.63, 3.8) is 0 Å². The molecule has 0 bridgehead atoms. The fourth-order valence-electron chi connectivity index (χ4n) is 5.14. The van der Waals surface area contributed by atoms with Gasteiger partial charge in [0, 0.05) is 24.9 Å². The molecular formula is C23H33N5O3. The first-order valence-corrected chi connectivity index (χ1v) is 11.3. The van der Waals surface area contributed by atoms with E-state index in [1.165, 1.54) is 7.11 Å². The van der Waals surface area contributed by atoms with Gasteiger partial charge in [0.2, 0.25) is 5.91 Å². The molecule has 1 aliphatic heterocycles. The van der Waals surface area contributed by atoms with Crippen molar-refractivity contribution in [1.82, 2.24) is 19.9 Å². The Labute approximate surface area is 182 Å². The van der Waals surface area contributed by atoms with Crippen LogP contribution < -0.4 is 11.1 Å². The van der Waals surface area contributed by atoms with Crippen LogP contribution in [0.2, 0.25) is 0 Å². The summed E-state index contributed by atoms with van der Waals surface area (Å²) in [7, 11) is 1.33. The fourth-order valence-corrected chi connectivity index (χ4v) is 5.14. The quantitative estimate of drug-likeness (QED) is 0.558. The van der Waals surface area contributed by atoms with E-state index in [-0.39, 0.29) is 23.8 Å². The number of esters is 1. The Hall–Kier alpha value is -2.48. The number of methoxy groups -OCH3 is 1. The molecule has 3 N–H and O–H groups in total. The third-order valence-electron chi connectivity index (χ3n) is 7.35. The smallest absolute Gasteiger partial charge is 0.322 e. The number of nitrogens with one attached hydrogen (secondary N) is 1. The van der Waals surface area contributed by atoms with Gasteiger partial charge >= 0.3 is 5.97 Å². The average molecular weight is 428 g/mol. The average Bonchev–Trinajstić information content (AvgIpc) is 3.13. The molecule has 1 saturated carbocycles. The Morgan fingerprint density at radius 1 is 1.23 bits per heavy atom. The third kappa shape index (κ3) is 4.05. The Kier molecular flexibility index (Phi) is 5.77. The minimum atomic E-state index is -1.27. The number of nitrogens with two attached hydrogens (primary N) is 1. The van der Waals surface area contributed by atoms with Crippen LogP contribution in [0.3, 0.4) is 0 Å². The summed E-state index contributed by atoms with van der Waals surface area (Å²) in [6.45, 7) is 4.77. The largest absolute Gasteiger partial charge is 0.468 e. The van der Waals surface area contributed by atoms with Crippen molar-refractivity contribution in [1.29, 1.82) is 0 Å². The number of carbonyl (C=O) groups is 2. The van der Waals surface area contributed by atoms with Crippen LogP contribution in [-0.4, -0.2) is 45.7 Å². The number of ether oxygens (including phenoxy) is 1. The number of rotatable bonds is 5. The molecule has 0 aromatic carbocycles. The molecule has 2 aromatic rings. The maximum atomic E-state index is 12.8. The lowest BCUT2D eigenvalue weighted by Gasteiger charge is -2.38. The van der Waals surface area contributed by atoms with Crippen molar-refractivity contribution in [3.8, 4) is 0 Å². The lowest BCUT2D eigenvalue weighted by molar-refractivity contribution is -0.165. The van der Waals surface area contributed by atoms with Gasteiger partial charge in [-0.15, -0.1) is 0 Å². The van der Waals surface area contributed by atoms with Gasteiger partial charge in [-0.1, -0.05) is 13.8 Å². The summed E-state index contributed by atoms with van der Waals surface area (Å²) in [5.41, 5.74) is 7.50. The number of hydrogen-bond donors (Lipinski definition) is 2.